The van der Waals surface area contributed by atoms with Gasteiger partial charge in [-0.25, -0.2) is 4.98 Å². The lowest BCUT2D eigenvalue weighted by Crippen LogP contribution is -2.38. The van der Waals surface area contributed by atoms with Crippen molar-refractivity contribution in [1.82, 2.24) is 15.6 Å². The number of ether oxygens (including phenoxy) is 2. The van der Waals surface area contributed by atoms with Crippen LogP contribution in [0.2, 0.25) is 5.15 Å². The van der Waals surface area contributed by atoms with Crippen LogP contribution in [-0.2, 0) is 17.7 Å². The van der Waals surface area contributed by atoms with Crippen LogP contribution in [0.4, 0.5) is 0 Å². The maximum absolute atomic E-state index is 6.16. The molecular formula is C21H27ClN4O2. The van der Waals surface area contributed by atoms with Crippen LogP contribution < -0.4 is 15.4 Å². The molecule has 0 radical (unpaired) electrons. The summed E-state index contributed by atoms with van der Waals surface area (Å²) in [5, 5.41) is 7.19. The first-order valence-corrected chi connectivity index (χ1v) is 9.90. The zero-order valence-corrected chi connectivity index (χ0v) is 17.1. The molecule has 28 heavy (non-hydrogen) atoms. The number of aliphatic imine (C=N–C) groups is 1. The quantitative estimate of drug-likeness (QED) is 0.423. The smallest absolute Gasteiger partial charge is 0.191 e. The van der Waals surface area contributed by atoms with Gasteiger partial charge in [-0.3, -0.25) is 4.99 Å². The van der Waals surface area contributed by atoms with Gasteiger partial charge in [-0.05, 0) is 36.6 Å². The van der Waals surface area contributed by atoms with Crippen LogP contribution in [0.5, 0.6) is 5.75 Å². The first-order valence-electron chi connectivity index (χ1n) is 9.53. The van der Waals surface area contributed by atoms with Crippen molar-refractivity contribution < 1.29 is 9.47 Å². The number of pyridine rings is 1. The van der Waals surface area contributed by atoms with E-state index in [1.54, 1.807) is 19.3 Å². The SMILES string of the molecule is CN=C(NCCc1ccc(Cl)nc1)NCc1ccc(C)cc1OC1CCOC1. The Morgan fingerprint density at radius 1 is 1.32 bits per heavy atom. The minimum absolute atomic E-state index is 0.131. The number of nitrogens with one attached hydrogen (secondary N) is 2. The molecule has 0 amide bonds. The molecule has 150 valence electrons. The van der Waals surface area contributed by atoms with E-state index in [-0.39, 0.29) is 6.10 Å². The lowest BCUT2D eigenvalue weighted by Gasteiger charge is -2.18. The number of aryl methyl sites for hydroxylation is 1. The fourth-order valence-corrected chi connectivity index (χ4v) is 3.09. The van der Waals surface area contributed by atoms with E-state index in [4.69, 9.17) is 21.1 Å². The van der Waals surface area contributed by atoms with Gasteiger partial charge in [-0.2, -0.15) is 0 Å². The molecule has 2 heterocycles. The molecule has 1 aliphatic rings. The predicted molar refractivity (Wildman–Crippen MR) is 112 cm³/mol. The van der Waals surface area contributed by atoms with Crippen molar-refractivity contribution in [2.75, 3.05) is 26.8 Å². The summed E-state index contributed by atoms with van der Waals surface area (Å²) < 4.78 is 11.6. The van der Waals surface area contributed by atoms with E-state index in [2.05, 4.69) is 45.7 Å². The minimum atomic E-state index is 0.131. The van der Waals surface area contributed by atoms with Gasteiger partial charge in [-0.15, -0.1) is 0 Å². The third-order valence-electron chi connectivity index (χ3n) is 4.57. The van der Waals surface area contributed by atoms with Gasteiger partial charge in [0.2, 0.25) is 0 Å². The summed E-state index contributed by atoms with van der Waals surface area (Å²) in [6.45, 7) is 4.87. The largest absolute Gasteiger partial charge is 0.488 e. The molecule has 0 spiro atoms. The van der Waals surface area contributed by atoms with Crippen molar-refractivity contribution in [3.8, 4) is 5.75 Å². The number of hydrogen-bond acceptors (Lipinski definition) is 4. The molecule has 2 N–H and O–H groups in total. The lowest BCUT2D eigenvalue weighted by molar-refractivity contribution is 0.140. The molecule has 1 atom stereocenters. The van der Waals surface area contributed by atoms with E-state index in [9.17, 15) is 0 Å². The first kappa shape index (κ1) is 20.4. The molecule has 7 heteroatoms. The highest BCUT2D eigenvalue weighted by Gasteiger charge is 2.18. The van der Waals surface area contributed by atoms with Gasteiger partial charge in [0.05, 0.1) is 13.2 Å². The van der Waals surface area contributed by atoms with Crippen LogP contribution in [0.1, 0.15) is 23.1 Å². The second-order valence-corrected chi connectivity index (χ2v) is 7.19. The molecular weight excluding hydrogens is 376 g/mol. The van der Waals surface area contributed by atoms with Crippen LogP contribution in [0.15, 0.2) is 41.5 Å². The van der Waals surface area contributed by atoms with E-state index in [1.165, 1.54) is 5.56 Å². The molecule has 1 saturated heterocycles. The summed E-state index contributed by atoms with van der Waals surface area (Å²) in [7, 11) is 1.77. The summed E-state index contributed by atoms with van der Waals surface area (Å²) in [6, 6.07) is 10.1. The van der Waals surface area contributed by atoms with Gasteiger partial charge in [-0.1, -0.05) is 29.8 Å². The number of rotatable bonds is 7. The van der Waals surface area contributed by atoms with Gasteiger partial charge >= 0.3 is 0 Å². The van der Waals surface area contributed by atoms with E-state index >= 15 is 0 Å². The molecule has 1 aliphatic heterocycles. The van der Waals surface area contributed by atoms with Crippen LogP contribution >= 0.6 is 11.6 Å². The van der Waals surface area contributed by atoms with Crippen LogP contribution in [0, 0.1) is 6.92 Å². The predicted octanol–water partition coefficient (Wildman–Crippen LogP) is 3.12. The summed E-state index contributed by atoms with van der Waals surface area (Å²) in [5.41, 5.74) is 3.40. The molecule has 3 rings (SSSR count). The van der Waals surface area contributed by atoms with Gasteiger partial charge in [0.15, 0.2) is 5.96 Å². The average Bonchev–Trinajstić information content (AvgIpc) is 3.20. The second kappa shape index (κ2) is 10.3. The maximum Gasteiger partial charge on any atom is 0.191 e. The maximum atomic E-state index is 6.16. The first-order chi connectivity index (χ1) is 13.6. The van der Waals surface area contributed by atoms with Crippen molar-refractivity contribution in [1.29, 1.82) is 0 Å². The topological polar surface area (TPSA) is 67.8 Å². The number of nitrogens with zero attached hydrogens (tertiary/aromatic N) is 2. The summed E-state index contributed by atoms with van der Waals surface area (Å²) >= 11 is 5.82. The Labute approximate surface area is 171 Å². The Balaban J connectivity index is 1.52. The Bertz CT molecular complexity index is 789. The fraction of sp³-hybridized carbons (Fsp3) is 0.429. The number of hydrogen-bond donors (Lipinski definition) is 2. The van der Waals surface area contributed by atoms with Gasteiger partial charge < -0.3 is 20.1 Å². The van der Waals surface area contributed by atoms with Crippen LogP contribution in [-0.4, -0.2) is 43.9 Å². The Kier molecular flexibility index (Phi) is 7.51. The standard InChI is InChI=1S/C21H27ClN4O2/c1-15-3-5-17(19(11-15)28-18-8-10-27-14-18)13-26-21(23-2)24-9-7-16-4-6-20(22)25-12-16/h3-6,11-12,18H,7-10,13-14H2,1-2H3,(H2,23,24,26). The summed E-state index contributed by atoms with van der Waals surface area (Å²) in [6.07, 6.45) is 3.70. The fourth-order valence-electron chi connectivity index (χ4n) is 2.98. The van der Waals surface area contributed by atoms with Crippen molar-refractivity contribution in [2.45, 2.75) is 32.4 Å². The van der Waals surface area contributed by atoms with E-state index in [0.717, 1.165) is 48.8 Å². The molecule has 6 nitrogen and oxygen atoms in total. The number of halogens is 1. The van der Waals surface area contributed by atoms with E-state index < -0.39 is 0 Å². The normalized spacial score (nSPS) is 16.8. The molecule has 1 aromatic carbocycles. The van der Waals surface area contributed by atoms with Crippen LogP contribution in [0.3, 0.4) is 0 Å². The van der Waals surface area contributed by atoms with Crippen molar-refractivity contribution in [2.24, 2.45) is 4.99 Å². The molecule has 1 fully saturated rings. The summed E-state index contributed by atoms with van der Waals surface area (Å²) in [5.74, 6) is 1.66. The molecule has 0 bridgehead atoms. The number of guanidine groups is 1. The monoisotopic (exact) mass is 402 g/mol. The molecule has 2 aromatic rings. The highest BCUT2D eigenvalue weighted by Crippen LogP contribution is 2.23. The zero-order valence-electron chi connectivity index (χ0n) is 16.4. The highest BCUT2D eigenvalue weighted by atomic mass is 35.5. The Hall–Kier alpha value is -2.31. The molecule has 0 aliphatic carbocycles. The third-order valence-corrected chi connectivity index (χ3v) is 4.79. The van der Waals surface area contributed by atoms with Gasteiger partial charge in [0, 0.05) is 38.3 Å². The Morgan fingerprint density at radius 3 is 2.93 bits per heavy atom. The second-order valence-electron chi connectivity index (χ2n) is 6.81. The lowest BCUT2D eigenvalue weighted by atomic mass is 10.1. The number of aromatic nitrogens is 1. The minimum Gasteiger partial charge on any atom is -0.488 e. The summed E-state index contributed by atoms with van der Waals surface area (Å²) in [4.78, 5) is 8.40. The highest BCUT2D eigenvalue weighted by molar-refractivity contribution is 6.29. The van der Waals surface area contributed by atoms with Crippen LogP contribution in [0.25, 0.3) is 0 Å². The molecule has 1 unspecified atom stereocenters. The van der Waals surface area contributed by atoms with Crippen molar-refractivity contribution in [3.63, 3.8) is 0 Å². The number of benzene rings is 1. The molecule has 1 aromatic heterocycles. The Morgan fingerprint density at radius 2 is 2.21 bits per heavy atom. The van der Waals surface area contributed by atoms with E-state index in [0.29, 0.717) is 18.3 Å². The third kappa shape index (κ3) is 6.11. The van der Waals surface area contributed by atoms with Gasteiger partial charge in [0.25, 0.3) is 0 Å². The van der Waals surface area contributed by atoms with Crippen molar-refractivity contribution in [3.05, 3.63) is 58.4 Å². The zero-order chi connectivity index (χ0) is 19.8. The van der Waals surface area contributed by atoms with Crippen molar-refractivity contribution >= 4 is 17.6 Å². The van der Waals surface area contributed by atoms with Gasteiger partial charge in [0.1, 0.15) is 17.0 Å². The average molecular weight is 403 g/mol. The van der Waals surface area contributed by atoms with E-state index in [1.807, 2.05) is 6.07 Å². The molecule has 0 saturated carbocycles.